The van der Waals surface area contributed by atoms with Crippen LogP contribution < -0.4 is 0 Å². The Hall–Kier alpha value is -5.61. The molecule has 2 heterocycles. The van der Waals surface area contributed by atoms with Crippen molar-refractivity contribution in [1.29, 1.82) is 0 Å². The van der Waals surface area contributed by atoms with E-state index in [2.05, 4.69) is 108 Å². The molecular weight excluding hydrogens is 500 g/mol. The Labute approximate surface area is 237 Å². The SMILES string of the molecule is c1ccc(-c2nc(-c3ccccc3-c3ccccc3)nc(-n3c4ccccc4c4c5ccccc5ccc43)n2)cc1. The number of para-hydroxylation sites is 1. The van der Waals surface area contributed by atoms with Crippen molar-refractivity contribution in [1.82, 2.24) is 19.5 Å². The molecule has 8 rings (SSSR count). The molecule has 0 saturated carbocycles. The fourth-order valence-electron chi connectivity index (χ4n) is 5.80. The van der Waals surface area contributed by atoms with E-state index < -0.39 is 0 Å². The minimum Gasteiger partial charge on any atom is -0.278 e. The van der Waals surface area contributed by atoms with Crippen LogP contribution >= 0.6 is 0 Å². The Morgan fingerprint density at radius 1 is 0.390 bits per heavy atom. The molecule has 0 amide bonds. The van der Waals surface area contributed by atoms with E-state index in [9.17, 15) is 0 Å². The number of hydrogen-bond donors (Lipinski definition) is 0. The van der Waals surface area contributed by atoms with Gasteiger partial charge in [-0.15, -0.1) is 0 Å². The van der Waals surface area contributed by atoms with Crippen molar-refractivity contribution in [2.75, 3.05) is 0 Å². The molecule has 0 atom stereocenters. The van der Waals surface area contributed by atoms with Gasteiger partial charge in [0.25, 0.3) is 0 Å². The van der Waals surface area contributed by atoms with Crippen LogP contribution in [0.15, 0.2) is 146 Å². The quantitative estimate of drug-likeness (QED) is 0.231. The van der Waals surface area contributed by atoms with Crippen molar-refractivity contribution in [3.63, 3.8) is 0 Å². The Morgan fingerprint density at radius 3 is 1.80 bits per heavy atom. The summed E-state index contributed by atoms with van der Waals surface area (Å²) < 4.78 is 2.18. The Kier molecular flexibility index (Phi) is 5.42. The van der Waals surface area contributed by atoms with Gasteiger partial charge in [0, 0.05) is 21.9 Å². The zero-order valence-corrected chi connectivity index (χ0v) is 22.1. The van der Waals surface area contributed by atoms with Crippen molar-refractivity contribution >= 4 is 32.6 Å². The van der Waals surface area contributed by atoms with E-state index in [-0.39, 0.29) is 0 Å². The highest BCUT2D eigenvalue weighted by Crippen LogP contribution is 2.37. The van der Waals surface area contributed by atoms with Crippen molar-refractivity contribution in [2.45, 2.75) is 0 Å². The molecule has 0 saturated heterocycles. The monoisotopic (exact) mass is 524 g/mol. The highest BCUT2D eigenvalue weighted by atomic mass is 15.2. The third-order valence-corrected chi connectivity index (χ3v) is 7.67. The maximum Gasteiger partial charge on any atom is 0.238 e. The molecule has 0 spiro atoms. The molecule has 0 bridgehead atoms. The van der Waals surface area contributed by atoms with Crippen LogP contribution in [0.4, 0.5) is 0 Å². The first-order chi connectivity index (χ1) is 20.3. The lowest BCUT2D eigenvalue weighted by Gasteiger charge is -2.13. The summed E-state index contributed by atoms with van der Waals surface area (Å²) in [5, 5.41) is 4.80. The molecule has 0 radical (unpaired) electrons. The first-order valence-corrected chi connectivity index (χ1v) is 13.7. The van der Waals surface area contributed by atoms with Gasteiger partial charge < -0.3 is 0 Å². The van der Waals surface area contributed by atoms with E-state index >= 15 is 0 Å². The summed E-state index contributed by atoms with van der Waals surface area (Å²) in [4.78, 5) is 15.3. The summed E-state index contributed by atoms with van der Waals surface area (Å²) in [6, 6.07) is 50.3. The molecular formula is C37H24N4. The van der Waals surface area contributed by atoms with Crippen LogP contribution in [-0.4, -0.2) is 19.5 Å². The summed E-state index contributed by atoms with van der Waals surface area (Å²) in [6.45, 7) is 0. The molecule has 6 aromatic carbocycles. The number of rotatable bonds is 4. The van der Waals surface area contributed by atoms with Gasteiger partial charge in [-0.05, 0) is 34.0 Å². The Bertz CT molecular complexity index is 2200. The van der Waals surface area contributed by atoms with Gasteiger partial charge >= 0.3 is 0 Å². The normalized spacial score (nSPS) is 11.4. The summed E-state index contributed by atoms with van der Waals surface area (Å²) in [7, 11) is 0. The van der Waals surface area contributed by atoms with E-state index in [0.29, 0.717) is 17.6 Å². The highest BCUT2D eigenvalue weighted by Gasteiger charge is 2.20. The third-order valence-electron chi connectivity index (χ3n) is 7.67. The van der Waals surface area contributed by atoms with E-state index in [4.69, 9.17) is 15.0 Å². The minimum absolute atomic E-state index is 0.596. The number of nitrogens with zero attached hydrogens (tertiary/aromatic N) is 4. The van der Waals surface area contributed by atoms with Crippen LogP contribution in [-0.2, 0) is 0 Å². The maximum atomic E-state index is 5.18. The van der Waals surface area contributed by atoms with E-state index in [0.717, 1.165) is 33.3 Å². The van der Waals surface area contributed by atoms with Gasteiger partial charge in [-0.25, -0.2) is 4.98 Å². The fraction of sp³-hybridized carbons (Fsp3) is 0. The summed E-state index contributed by atoms with van der Waals surface area (Å²) >= 11 is 0. The lowest BCUT2D eigenvalue weighted by Crippen LogP contribution is -2.06. The molecule has 0 aliphatic rings. The number of hydrogen-bond acceptors (Lipinski definition) is 3. The number of fused-ring (bicyclic) bond motifs is 5. The largest absolute Gasteiger partial charge is 0.278 e. The van der Waals surface area contributed by atoms with E-state index in [1.165, 1.54) is 21.5 Å². The lowest BCUT2D eigenvalue weighted by molar-refractivity contribution is 0.954. The van der Waals surface area contributed by atoms with Gasteiger partial charge in [0.15, 0.2) is 11.6 Å². The van der Waals surface area contributed by atoms with Gasteiger partial charge in [0.05, 0.1) is 11.0 Å². The first-order valence-electron chi connectivity index (χ1n) is 13.7. The minimum atomic E-state index is 0.596. The highest BCUT2D eigenvalue weighted by molar-refractivity contribution is 6.21. The molecule has 0 fully saturated rings. The molecule has 0 aliphatic carbocycles. The van der Waals surface area contributed by atoms with E-state index in [1.54, 1.807) is 0 Å². The first kappa shape index (κ1) is 23.3. The van der Waals surface area contributed by atoms with Gasteiger partial charge in [0.1, 0.15) is 0 Å². The Balaban J connectivity index is 1.46. The van der Waals surface area contributed by atoms with Crippen LogP contribution in [0.2, 0.25) is 0 Å². The van der Waals surface area contributed by atoms with Crippen LogP contribution in [0.25, 0.3) is 72.4 Å². The zero-order valence-electron chi connectivity index (χ0n) is 22.1. The lowest BCUT2D eigenvalue weighted by atomic mass is 9.99. The molecule has 4 heteroatoms. The second-order valence-corrected chi connectivity index (χ2v) is 10.1. The molecule has 192 valence electrons. The summed E-state index contributed by atoms with van der Waals surface area (Å²) in [5.41, 5.74) is 6.24. The number of aromatic nitrogens is 4. The Morgan fingerprint density at radius 2 is 1.00 bits per heavy atom. The smallest absolute Gasteiger partial charge is 0.238 e. The topological polar surface area (TPSA) is 43.6 Å². The third kappa shape index (κ3) is 3.88. The van der Waals surface area contributed by atoms with Crippen molar-refractivity contribution in [3.8, 4) is 39.9 Å². The summed E-state index contributed by atoms with van der Waals surface area (Å²) in [6.07, 6.45) is 0. The molecule has 2 aromatic heterocycles. The standard InChI is InChI=1S/C37H24N4/c1-3-13-25(14-4-1)28-18-9-10-20-30(28)36-38-35(27-16-5-2-6-17-27)39-37(40-36)41-32-22-12-11-21-31(32)34-29-19-8-7-15-26(29)23-24-33(34)41/h1-24H. The van der Waals surface area contributed by atoms with Crippen molar-refractivity contribution in [2.24, 2.45) is 0 Å². The summed E-state index contributed by atoms with van der Waals surface area (Å²) in [5.74, 6) is 1.87. The molecule has 41 heavy (non-hydrogen) atoms. The van der Waals surface area contributed by atoms with Gasteiger partial charge in [-0.3, -0.25) is 4.57 Å². The molecule has 0 aliphatic heterocycles. The molecule has 0 N–H and O–H groups in total. The van der Waals surface area contributed by atoms with Crippen LogP contribution in [0.1, 0.15) is 0 Å². The molecule has 0 unspecified atom stereocenters. The predicted molar refractivity (Wildman–Crippen MR) is 168 cm³/mol. The molecule has 4 nitrogen and oxygen atoms in total. The second kappa shape index (κ2) is 9.54. The fourth-order valence-corrected chi connectivity index (χ4v) is 5.80. The van der Waals surface area contributed by atoms with Gasteiger partial charge in [0.2, 0.25) is 5.95 Å². The van der Waals surface area contributed by atoms with Crippen LogP contribution in [0, 0.1) is 0 Å². The number of benzene rings is 6. The second-order valence-electron chi connectivity index (χ2n) is 10.1. The maximum absolute atomic E-state index is 5.18. The average molecular weight is 525 g/mol. The van der Waals surface area contributed by atoms with Gasteiger partial charge in [-0.1, -0.05) is 133 Å². The predicted octanol–water partition coefficient (Wildman–Crippen LogP) is 9.12. The average Bonchev–Trinajstić information content (AvgIpc) is 3.40. The van der Waals surface area contributed by atoms with Crippen LogP contribution in [0.3, 0.4) is 0 Å². The zero-order chi connectivity index (χ0) is 27.2. The van der Waals surface area contributed by atoms with Crippen molar-refractivity contribution < 1.29 is 0 Å². The van der Waals surface area contributed by atoms with Gasteiger partial charge in [-0.2, -0.15) is 9.97 Å². The van der Waals surface area contributed by atoms with E-state index in [1.807, 2.05) is 42.5 Å². The van der Waals surface area contributed by atoms with Crippen LogP contribution in [0.5, 0.6) is 0 Å². The van der Waals surface area contributed by atoms with Crippen molar-refractivity contribution in [3.05, 3.63) is 146 Å². The molecule has 8 aromatic rings.